The van der Waals surface area contributed by atoms with E-state index in [1.165, 1.54) is 83.5 Å². The molecule has 1 atom stereocenters. The van der Waals surface area contributed by atoms with Gasteiger partial charge in [0.25, 0.3) is 10.1 Å². The predicted octanol–water partition coefficient (Wildman–Crippen LogP) is 5.57. The zero-order valence-corrected chi connectivity index (χ0v) is 18.2. The average molecular weight is 391 g/mol. The Morgan fingerprint density at radius 1 is 0.808 bits per heavy atom. The number of hydrogen-bond acceptors (Lipinski definition) is 2. The summed E-state index contributed by atoms with van der Waals surface area (Å²) in [7, 11) is -1.70. The molecule has 0 saturated carbocycles. The van der Waals surface area contributed by atoms with Crippen molar-refractivity contribution in [2.45, 2.75) is 109 Å². The molecule has 156 valence electrons. The summed E-state index contributed by atoms with van der Waals surface area (Å²) in [4.78, 5) is 0. The lowest BCUT2D eigenvalue weighted by atomic mass is 10.00. The van der Waals surface area contributed by atoms with Gasteiger partial charge in [0, 0.05) is 6.42 Å². The first kappa shape index (κ1) is 23.9. The van der Waals surface area contributed by atoms with E-state index < -0.39 is 10.1 Å². The highest BCUT2D eigenvalue weighted by molar-refractivity contribution is 7.85. The number of quaternary nitrogens is 1. The highest BCUT2D eigenvalue weighted by Gasteiger charge is 2.36. The van der Waals surface area contributed by atoms with Crippen molar-refractivity contribution in [1.82, 2.24) is 0 Å². The van der Waals surface area contributed by atoms with Crippen molar-refractivity contribution in [3.63, 3.8) is 0 Å². The van der Waals surface area contributed by atoms with Gasteiger partial charge in [-0.25, -0.2) is 0 Å². The van der Waals surface area contributed by atoms with Gasteiger partial charge in [0.15, 0.2) is 0 Å². The molecule has 5 heteroatoms. The largest absolute Gasteiger partial charge is 0.323 e. The third-order valence-corrected chi connectivity index (χ3v) is 7.07. The maximum atomic E-state index is 11.5. The van der Waals surface area contributed by atoms with Crippen LogP contribution in [-0.2, 0) is 10.1 Å². The molecule has 1 aliphatic heterocycles. The lowest BCUT2D eigenvalue weighted by Crippen LogP contribution is -2.57. The van der Waals surface area contributed by atoms with Crippen LogP contribution in [0.4, 0.5) is 0 Å². The summed E-state index contributed by atoms with van der Waals surface area (Å²) in [6.45, 7) is 4.37. The van der Waals surface area contributed by atoms with E-state index in [0.717, 1.165) is 30.4 Å². The first-order chi connectivity index (χ1) is 12.4. The van der Waals surface area contributed by atoms with Crippen molar-refractivity contribution in [3.8, 4) is 0 Å². The zero-order valence-electron chi connectivity index (χ0n) is 17.4. The van der Waals surface area contributed by atoms with Crippen LogP contribution in [-0.4, -0.2) is 49.4 Å². The summed E-state index contributed by atoms with van der Waals surface area (Å²) in [5.74, 6) is -0.0682. The Morgan fingerprint density at radius 3 is 1.73 bits per heavy atom. The number of hydrogen-bond donors (Lipinski definition) is 1. The third-order valence-electron chi connectivity index (χ3n) is 6.26. The van der Waals surface area contributed by atoms with Gasteiger partial charge >= 0.3 is 0 Å². The number of nitrogens with zero attached hydrogens (tertiary/aromatic N) is 1. The second kappa shape index (κ2) is 13.1. The van der Waals surface area contributed by atoms with Crippen LogP contribution in [0.2, 0.25) is 0 Å². The predicted molar refractivity (Wildman–Crippen MR) is 111 cm³/mol. The van der Waals surface area contributed by atoms with Crippen LogP contribution in [0.1, 0.15) is 103 Å². The minimum Gasteiger partial charge on any atom is -0.323 e. The Hall–Kier alpha value is -0.130. The average Bonchev–Trinajstić information content (AvgIpc) is 2.58. The molecular weight excluding hydrogens is 346 g/mol. The van der Waals surface area contributed by atoms with Crippen molar-refractivity contribution in [3.05, 3.63) is 0 Å². The molecule has 0 radical (unpaired) electrons. The molecule has 1 heterocycles. The molecule has 1 fully saturated rings. The summed E-state index contributed by atoms with van der Waals surface area (Å²) < 4.78 is 33.2. The van der Waals surface area contributed by atoms with Crippen molar-refractivity contribution in [2.24, 2.45) is 0 Å². The van der Waals surface area contributed by atoms with E-state index in [2.05, 4.69) is 14.0 Å². The molecule has 1 N–H and O–H groups in total. The van der Waals surface area contributed by atoms with Crippen LogP contribution >= 0.6 is 0 Å². The fourth-order valence-corrected chi connectivity index (χ4v) is 5.47. The van der Waals surface area contributed by atoms with Crippen LogP contribution in [0.3, 0.4) is 0 Å². The van der Waals surface area contributed by atoms with E-state index in [4.69, 9.17) is 0 Å². The maximum absolute atomic E-state index is 11.5. The molecule has 4 nitrogen and oxygen atoms in total. The highest BCUT2D eigenvalue weighted by atomic mass is 32.2. The van der Waals surface area contributed by atoms with Crippen LogP contribution in [0.5, 0.6) is 0 Å². The van der Waals surface area contributed by atoms with Gasteiger partial charge in [0.05, 0.1) is 20.1 Å². The second-order valence-corrected chi connectivity index (χ2v) is 10.2. The van der Waals surface area contributed by atoms with E-state index in [9.17, 15) is 13.0 Å². The number of rotatable bonds is 15. The Balaban J connectivity index is 2.19. The SMILES string of the molecule is CCCCCCCCCCCCCC(CS(=O)(=O)O)[N+]1(C)CCCCC1. The van der Waals surface area contributed by atoms with Gasteiger partial charge < -0.3 is 4.48 Å². The molecule has 0 aromatic rings. The van der Waals surface area contributed by atoms with Gasteiger partial charge in [-0.3, -0.25) is 4.55 Å². The number of likely N-dealkylation sites (tertiary alicyclic amines) is 1. The van der Waals surface area contributed by atoms with E-state index in [0.29, 0.717) is 0 Å². The van der Waals surface area contributed by atoms with E-state index in [1.54, 1.807) is 0 Å². The van der Waals surface area contributed by atoms with Crippen molar-refractivity contribution < 1.29 is 17.5 Å². The number of piperidine rings is 1. The minimum absolute atomic E-state index is 0.0591. The van der Waals surface area contributed by atoms with Crippen LogP contribution in [0, 0.1) is 0 Å². The number of unbranched alkanes of at least 4 members (excludes halogenated alkanes) is 10. The standard InChI is InChI=1S/C21H43NO3S/c1-3-4-5-6-7-8-9-10-11-12-14-17-21(20-26(23,24)25)22(2)18-15-13-16-19-22/h21H,3-20H2,1-2H3/p+1. The lowest BCUT2D eigenvalue weighted by Gasteiger charge is -2.44. The minimum atomic E-state index is -3.89. The van der Waals surface area contributed by atoms with E-state index >= 15 is 0 Å². The topological polar surface area (TPSA) is 54.4 Å². The van der Waals surface area contributed by atoms with Gasteiger partial charge in [-0.05, 0) is 25.7 Å². The van der Waals surface area contributed by atoms with Crippen molar-refractivity contribution in [1.29, 1.82) is 0 Å². The molecule has 0 spiro atoms. The van der Waals surface area contributed by atoms with Crippen LogP contribution in [0.25, 0.3) is 0 Å². The highest BCUT2D eigenvalue weighted by Crippen LogP contribution is 2.25. The smallest absolute Gasteiger partial charge is 0.270 e. The van der Waals surface area contributed by atoms with Crippen molar-refractivity contribution in [2.75, 3.05) is 25.9 Å². The molecule has 0 aromatic carbocycles. The Bertz CT molecular complexity index is 444. The second-order valence-electron chi connectivity index (χ2n) is 8.71. The quantitative estimate of drug-likeness (QED) is 0.226. The normalized spacial score (nSPS) is 18.7. The molecule has 1 rings (SSSR count). The maximum Gasteiger partial charge on any atom is 0.270 e. The van der Waals surface area contributed by atoms with E-state index in [-0.39, 0.29) is 11.8 Å². The van der Waals surface area contributed by atoms with Crippen molar-refractivity contribution >= 4 is 10.1 Å². The Labute approximate surface area is 163 Å². The van der Waals surface area contributed by atoms with Gasteiger partial charge in [-0.1, -0.05) is 71.1 Å². The molecule has 0 bridgehead atoms. The summed E-state index contributed by atoms with van der Waals surface area (Å²) in [5, 5.41) is 0. The molecule has 0 aromatic heterocycles. The monoisotopic (exact) mass is 390 g/mol. The van der Waals surface area contributed by atoms with Gasteiger partial charge in [0.1, 0.15) is 11.8 Å². The fraction of sp³-hybridized carbons (Fsp3) is 1.00. The van der Waals surface area contributed by atoms with Crippen LogP contribution in [0.15, 0.2) is 0 Å². The summed E-state index contributed by atoms with van der Waals surface area (Å²) >= 11 is 0. The summed E-state index contributed by atoms with van der Waals surface area (Å²) in [6, 6.07) is 0.0591. The first-order valence-electron chi connectivity index (χ1n) is 11.2. The van der Waals surface area contributed by atoms with Crippen LogP contribution < -0.4 is 0 Å². The Morgan fingerprint density at radius 2 is 1.27 bits per heavy atom. The van der Waals surface area contributed by atoms with Gasteiger partial charge in [-0.2, -0.15) is 8.42 Å². The molecule has 0 aliphatic carbocycles. The van der Waals surface area contributed by atoms with Gasteiger partial charge in [-0.15, -0.1) is 0 Å². The van der Waals surface area contributed by atoms with Gasteiger partial charge in [0.2, 0.25) is 0 Å². The molecule has 0 amide bonds. The summed E-state index contributed by atoms with van der Waals surface area (Å²) in [6.07, 6.45) is 18.9. The molecule has 1 aliphatic rings. The molecular formula is C21H44NO3S+. The Kier molecular flexibility index (Phi) is 12.1. The molecule has 1 saturated heterocycles. The molecule has 26 heavy (non-hydrogen) atoms. The summed E-state index contributed by atoms with van der Waals surface area (Å²) in [5.41, 5.74) is 0. The fourth-order valence-electron chi connectivity index (χ4n) is 4.46. The zero-order chi connectivity index (χ0) is 19.3. The van der Waals surface area contributed by atoms with E-state index in [1.807, 2.05) is 0 Å². The third kappa shape index (κ3) is 10.9. The lowest BCUT2D eigenvalue weighted by molar-refractivity contribution is -0.935. The molecule has 1 unspecified atom stereocenters. The first-order valence-corrected chi connectivity index (χ1v) is 12.8.